The first-order valence-electron chi connectivity index (χ1n) is 7.48. The molecule has 1 saturated heterocycles. The molecule has 0 spiro atoms. The Morgan fingerprint density at radius 3 is 2.36 bits per heavy atom. The van der Waals surface area contributed by atoms with Crippen LogP contribution in [0.15, 0.2) is 41.7 Å². The Hall–Kier alpha value is -2.14. The van der Waals surface area contributed by atoms with Gasteiger partial charge in [0.2, 0.25) is 0 Å². The van der Waals surface area contributed by atoms with Crippen LogP contribution in [0.2, 0.25) is 0 Å². The van der Waals surface area contributed by atoms with Crippen molar-refractivity contribution in [1.82, 2.24) is 9.80 Å². The summed E-state index contributed by atoms with van der Waals surface area (Å²) in [7, 11) is 1.86. The number of carbonyl (C=O) groups is 1. The molecule has 0 unspecified atom stereocenters. The molecule has 22 heavy (non-hydrogen) atoms. The maximum atomic E-state index is 12.7. The molecule has 2 heterocycles. The molecule has 0 radical (unpaired) electrons. The predicted molar refractivity (Wildman–Crippen MR) is 93.3 cm³/mol. The molecule has 1 fully saturated rings. The number of rotatable bonds is 2. The first-order chi connectivity index (χ1) is 10.6. The molecule has 2 aliphatic rings. The highest BCUT2D eigenvalue weighted by atomic mass is 32.1. The van der Waals surface area contributed by atoms with E-state index in [1.54, 1.807) is 4.90 Å². The van der Waals surface area contributed by atoms with E-state index in [4.69, 9.17) is 12.2 Å². The lowest BCUT2D eigenvalue weighted by atomic mass is 10.0. The number of hydrogen-bond donors (Lipinski definition) is 0. The van der Waals surface area contributed by atoms with Gasteiger partial charge in [-0.3, -0.25) is 9.69 Å². The van der Waals surface area contributed by atoms with E-state index in [1.165, 1.54) is 0 Å². The molecule has 0 aromatic heterocycles. The number of fused-ring (bicyclic) bond motifs is 1. The first kappa shape index (κ1) is 14.8. The number of carbonyl (C=O) groups excluding carboxylic acids is 1. The molecule has 1 amide bonds. The molecule has 0 N–H and O–H groups in total. The summed E-state index contributed by atoms with van der Waals surface area (Å²) >= 11 is 5.39. The molecule has 3 rings (SSSR count). The second-order valence-electron chi connectivity index (χ2n) is 5.26. The zero-order valence-electron chi connectivity index (χ0n) is 13.0. The number of para-hydroxylation sites is 1. The third-order valence-corrected chi connectivity index (χ3v) is 4.61. The fraction of sp³-hybridized carbons (Fsp3) is 0.294. The maximum absolute atomic E-state index is 12.7. The Morgan fingerprint density at radius 2 is 1.73 bits per heavy atom. The number of nitrogens with zero attached hydrogens (tertiary/aromatic N) is 3. The molecule has 4 nitrogen and oxygen atoms in total. The van der Waals surface area contributed by atoms with Crippen LogP contribution in [-0.2, 0) is 4.79 Å². The summed E-state index contributed by atoms with van der Waals surface area (Å²) in [6, 6.07) is 8.21. The Morgan fingerprint density at radius 1 is 1.05 bits per heavy atom. The van der Waals surface area contributed by atoms with E-state index in [1.807, 2.05) is 37.1 Å². The summed E-state index contributed by atoms with van der Waals surface area (Å²) in [4.78, 5) is 18.3. The van der Waals surface area contributed by atoms with Gasteiger partial charge in [0.25, 0.3) is 5.91 Å². The van der Waals surface area contributed by atoms with Crippen LogP contribution in [0, 0.1) is 0 Å². The number of hydrogen-bond acceptors (Lipinski definition) is 3. The van der Waals surface area contributed by atoms with Crippen molar-refractivity contribution in [2.24, 2.45) is 0 Å². The number of benzene rings is 1. The van der Waals surface area contributed by atoms with Crippen LogP contribution in [0.3, 0.4) is 0 Å². The fourth-order valence-corrected chi connectivity index (χ4v) is 3.31. The zero-order chi connectivity index (χ0) is 15.9. The van der Waals surface area contributed by atoms with Crippen molar-refractivity contribution in [3.63, 3.8) is 0 Å². The van der Waals surface area contributed by atoms with Gasteiger partial charge in [0.05, 0.1) is 5.70 Å². The van der Waals surface area contributed by atoms with Crippen molar-refractivity contribution in [3.8, 4) is 0 Å². The first-order valence-corrected chi connectivity index (χ1v) is 7.89. The summed E-state index contributed by atoms with van der Waals surface area (Å²) in [5.41, 5.74) is 3.85. The van der Waals surface area contributed by atoms with Gasteiger partial charge in [-0.15, -0.1) is 0 Å². The van der Waals surface area contributed by atoms with Gasteiger partial charge in [0.15, 0.2) is 5.11 Å². The van der Waals surface area contributed by atoms with Gasteiger partial charge in [-0.2, -0.15) is 0 Å². The second kappa shape index (κ2) is 5.57. The molecule has 114 valence electrons. The minimum atomic E-state index is -0.0209. The summed E-state index contributed by atoms with van der Waals surface area (Å²) in [5, 5.41) is 0.568. The third-order valence-electron chi connectivity index (χ3n) is 4.12. The highest BCUT2D eigenvalue weighted by Crippen LogP contribution is 2.34. The quantitative estimate of drug-likeness (QED) is 0.620. The largest absolute Gasteiger partial charge is 0.339 e. The number of thiocarbonyl (C=S) groups is 1. The highest BCUT2D eigenvalue weighted by molar-refractivity contribution is 7.80. The number of anilines is 1. The van der Waals surface area contributed by atoms with E-state index >= 15 is 0 Å². The lowest BCUT2D eigenvalue weighted by Gasteiger charge is -2.31. The highest BCUT2D eigenvalue weighted by Gasteiger charge is 2.38. The Balaban J connectivity index is 2.16. The van der Waals surface area contributed by atoms with Crippen LogP contribution in [0.4, 0.5) is 5.69 Å². The van der Waals surface area contributed by atoms with Crippen LogP contribution >= 0.6 is 12.2 Å². The molecular weight excluding hydrogens is 294 g/mol. The molecule has 0 aliphatic carbocycles. The minimum Gasteiger partial charge on any atom is -0.339 e. The smallest absolute Gasteiger partial charge is 0.278 e. The van der Waals surface area contributed by atoms with Crippen LogP contribution in [0.25, 0.3) is 6.08 Å². The normalized spacial score (nSPS) is 21.0. The topological polar surface area (TPSA) is 26.8 Å². The van der Waals surface area contributed by atoms with Gasteiger partial charge in [-0.25, -0.2) is 0 Å². The predicted octanol–water partition coefficient (Wildman–Crippen LogP) is 2.83. The zero-order valence-corrected chi connectivity index (χ0v) is 13.9. The van der Waals surface area contributed by atoms with Gasteiger partial charge in [0, 0.05) is 25.8 Å². The maximum Gasteiger partial charge on any atom is 0.278 e. The molecule has 5 heteroatoms. The summed E-state index contributed by atoms with van der Waals surface area (Å²) in [5.74, 6) is -0.0209. The minimum absolute atomic E-state index is 0.0209. The molecule has 0 atom stereocenters. The van der Waals surface area contributed by atoms with E-state index in [0.29, 0.717) is 17.4 Å². The Labute approximate surface area is 136 Å². The third kappa shape index (κ3) is 2.04. The van der Waals surface area contributed by atoms with Crippen molar-refractivity contribution in [2.45, 2.75) is 13.8 Å². The Bertz CT molecular complexity index is 708. The SMILES string of the molecule is CCN1C(=O)/C(=C2\C=Cc3ccccc3N2CC)N(C)C1=S. The fourth-order valence-electron chi connectivity index (χ4n) is 3.01. The summed E-state index contributed by atoms with van der Waals surface area (Å²) in [6.07, 6.45) is 4.07. The van der Waals surface area contributed by atoms with Crippen LogP contribution < -0.4 is 4.90 Å². The van der Waals surface area contributed by atoms with E-state index in [0.717, 1.165) is 23.5 Å². The van der Waals surface area contributed by atoms with Gasteiger partial charge >= 0.3 is 0 Å². The number of allylic oxidation sites excluding steroid dienone is 1. The molecule has 2 aliphatic heterocycles. The van der Waals surface area contributed by atoms with Gasteiger partial charge in [-0.1, -0.05) is 24.3 Å². The average Bonchev–Trinajstić information content (AvgIpc) is 2.75. The van der Waals surface area contributed by atoms with E-state index in [2.05, 4.69) is 30.0 Å². The molecular formula is C17H19N3OS. The van der Waals surface area contributed by atoms with Crippen molar-refractivity contribution < 1.29 is 4.79 Å². The van der Waals surface area contributed by atoms with Crippen LogP contribution in [0.1, 0.15) is 19.4 Å². The molecule has 0 saturated carbocycles. The average molecular weight is 313 g/mol. The van der Waals surface area contributed by atoms with Gasteiger partial charge < -0.3 is 9.80 Å². The van der Waals surface area contributed by atoms with Crippen LogP contribution in [-0.4, -0.2) is 41.0 Å². The standard InChI is InChI=1S/C17H19N3OS/c1-4-19-13-9-7-6-8-12(13)10-11-14(19)15-16(21)20(5-2)17(22)18(15)3/h6-11H,4-5H2,1-3H3/b15-14-. The van der Waals surface area contributed by atoms with Crippen molar-refractivity contribution in [2.75, 3.05) is 25.0 Å². The van der Waals surface area contributed by atoms with Gasteiger partial charge in [0.1, 0.15) is 5.70 Å². The van der Waals surface area contributed by atoms with E-state index < -0.39 is 0 Å². The molecule has 1 aromatic rings. The van der Waals surface area contributed by atoms with Gasteiger partial charge in [-0.05, 0) is 43.8 Å². The van der Waals surface area contributed by atoms with Crippen molar-refractivity contribution >= 4 is 35.0 Å². The van der Waals surface area contributed by atoms with Crippen molar-refractivity contribution in [1.29, 1.82) is 0 Å². The molecule has 0 bridgehead atoms. The molecule has 1 aromatic carbocycles. The van der Waals surface area contributed by atoms with Crippen molar-refractivity contribution in [3.05, 3.63) is 47.3 Å². The van der Waals surface area contributed by atoms with E-state index in [9.17, 15) is 4.79 Å². The second-order valence-corrected chi connectivity index (χ2v) is 5.63. The lowest BCUT2D eigenvalue weighted by Crippen LogP contribution is -2.30. The monoisotopic (exact) mass is 313 g/mol. The summed E-state index contributed by atoms with van der Waals surface area (Å²) in [6.45, 7) is 5.41. The summed E-state index contributed by atoms with van der Waals surface area (Å²) < 4.78 is 0. The number of amides is 1. The van der Waals surface area contributed by atoms with Crippen LogP contribution in [0.5, 0.6) is 0 Å². The lowest BCUT2D eigenvalue weighted by molar-refractivity contribution is -0.122. The Kier molecular flexibility index (Phi) is 3.74. The number of likely N-dealkylation sites (N-methyl/N-ethyl adjacent to an activating group) is 3. The van der Waals surface area contributed by atoms with E-state index in [-0.39, 0.29) is 5.91 Å².